The molecule has 16 heavy (non-hydrogen) atoms. The van der Waals surface area contributed by atoms with Crippen LogP contribution in [0.2, 0.25) is 0 Å². The van der Waals surface area contributed by atoms with Crippen molar-refractivity contribution in [3.8, 4) is 0 Å². The molecule has 0 aromatic carbocycles. The van der Waals surface area contributed by atoms with Crippen molar-refractivity contribution in [3.05, 3.63) is 0 Å². The molecule has 0 radical (unpaired) electrons. The van der Waals surface area contributed by atoms with Gasteiger partial charge in [-0.2, -0.15) is 11.8 Å². The van der Waals surface area contributed by atoms with Crippen LogP contribution in [0.3, 0.4) is 0 Å². The van der Waals surface area contributed by atoms with E-state index in [4.69, 9.17) is 0 Å². The summed E-state index contributed by atoms with van der Waals surface area (Å²) in [7, 11) is 0. The Balaban J connectivity index is 2.24. The first kappa shape index (κ1) is 14.3. The van der Waals surface area contributed by atoms with Gasteiger partial charge in [-0.1, -0.05) is 0 Å². The van der Waals surface area contributed by atoms with Gasteiger partial charge in [0.25, 0.3) is 0 Å². The minimum absolute atomic E-state index is 0.262. The lowest BCUT2D eigenvalue weighted by Gasteiger charge is -2.25. The monoisotopic (exact) mass is 244 g/mol. The van der Waals surface area contributed by atoms with Gasteiger partial charge in [-0.05, 0) is 59.4 Å². The van der Waals surface area contributed by atoms with Crippen molar-refractivity contribution in [2.45, 2.75) is 45.7 Å². The normalized spacial score (nSPS) is 24.9. The summed E-state index contributed by atoms with van der Waals surface area (Å²) in [6.07, 6.45) is 3.56. The maximum Gasteiger partial charge on any atom is 0.0158 e. The van der Waals surface area contributed by atoms with E-state index in [-0.39, 0.29) is 5.54 Å². The SMILES string of the molecule is CSCC(C)N1CCC(CNC(C)(C)C)C1. The maximum atomic E-state index is 3.62. The van der Waals surface area contributed by atoms with Crippen LogP contribution in [0.25, 0.3) is 0 Å². The summed E-state index contributed by atoms with van der Waals surface area (Å²) in [5.41, 5.74) is 0.262. The molecule has 2 unspecified atom stereocenters. The fourth-order valence-corrected chi connectivity index (χ4v) is 2.92. The Labute approximate surface area is 106 Å². The van der Waals surface area contributed by atoms with E-state index < -0.39 is 0 Å². The Kier molecular flexibility index (Phi) is 5.62. The van der Waals surface area contributed by atoms with Crippen molar-refractivity contribution >= 4 is 11.8 Å². The average Bonchev–Trinajstić information content (AvgIpc) is 2.62. The smallest absolute Gasteiger partial charge is 0.0158 e. The summed E-state index contributed by atoms with van der Waals surface area (Å²) < 4.78 is 0. The lowest BCUT2D eigenvalue weighted by molar-refractivity contribution is 0.264. The van der Waals surface area contributed by atoms with E-state index in [0.717, 1.165) is 12.0 Å². The molecule has 0 amide bonds. The first-order chi connectivity index (χ1) is 7.42. The number of nitrogens with zero attached hydrogens (tertiary/aromatic N) is 1. The van der Waals surface area contributed by atoms with Crippen LogP contribution in [-0.4, -0.2) is 48.1 Å². The fraction of sp³-hybridized carbons (Fsp3) is 1.00. The molecule has 0 aliphatic carbocycles. The molecular formula is C13H28N2S. The van der Waals surface area contributed by atoms with Crippen LogP contribution in [0.4, 0.5) is 0 Å². The zero-order valence-electron chi connectivity index (χ0n) is 11.5. The van der Waals surface area contributed by atoms with E-state index in [2.05, 4.69) is 44.2 Å². The molecule has 0 saturated carbocycles. The van der Waals surface area contributed by atoms with Crippen LogP contribution < -0.4 is 5.32 Å². The minimum atomic E-state index is 0.262. The number of likely N-dealkylation sites (tertiary alicyclic amines) is 1. The Morgan fingerprint density at radius 1 is 1.44 bits per heavy atom. The number of rotatable bonds is 5. The highest BCUT2D eigenvalue weighted by atomic mass is 32.2. The molecule has 1 aliphatic rings. The number of nitrogens with one attached hydrogen (secondary N) is 1. The Hall–Kier alpha value is 0.270. The van der Waals surface area contributed by atoms with Crippen molar-refractivity contribution < 1.29 is 0 Å². The Morgan fingerprint density at radius 2 is 2.12 bits per heavy atom. The van der Waals surface area contributed by atoms with Gasteiger partial charge in [0.05, 0.1) is 0 Å². The molecule has 2 atom stereocenters. The summed E-state index contributed by atoms with van der Waals surface area (Å²) >= 11 is 1.96. The fourth-order valence-electron chi connectivity index (χ4n) is 2.23. The zero-order valence-corrected chi connectivity index (χ0v) is 12.4. The Morgan fingerprint density at radius 3 is 2.69 bits per heavy atom. The van der Waals surface area contributed by atoms with Crippen LogP contribution in [0.15, 0.2) is 0 Å². The first-order valence-electron chi connectivity index (χ1n) is 6.40. The highest BCUT2D eigenvalue weighted by Gasteiger charge is 2.26. The number of thioether (sulfide) groups is 1. The molecule has 1 aliphatic heterocycles. The molecule has 1 saturated heterocycles. The Bertz CT molecular complexity index is 201. The van der Waals surface area contributed by atoms with Gasteiger partial charge in [-0.15, -0.1) is 0 Å². The van der Waals surface area contributed by atoms with Gasteiger partial charge in [0, 0.05) is 23.9 Å². The van der Waals surface area contributed by atoms with E-state index in [0.29, 0.717) is 0 Å². The van der Waals surface area contributed by atoms with Crippen molar-refractivity contribution in [2.75, 3.05) is 31.6 Å². The molecule has 1 rings (SSSR count). The van der Waals surface area contributed by atoms with E-state index in [1.165, 1.54) is 31.8 Å². The van der Waals surface area contributed by atoms with E-state index >= 15 is 0 Å². The predicted octanol–water partition coefficient (Wildman–Crippen LogP) is 2.45. The van der Waals surface area contributed by atoms with Gasteiger partial charge in [-0.25, -0.2) is 0 Å². The summed E-state index contributed by atoms with van der Waals surface area (Å²) in [6.45, 7) is 12.8. The van der Waals surface area contributed by atoms with E-state index in [9.17, 15) is 0 Å². The van der Waals surface area contributed by atoms with E-state index in [1.807, 2.05) is 11.8 Å². The average molecular weight is 244 g/mol. The van der Waals surface area contributed by atoms with Crippen LogP contribution in [0.5, 0.6) is 0 Å². The summed E-state index contributed by atoms with van der Waals surface area (Å²) in [4.78, 5) is 2.64. The van der Waals surface area contributed by atoms with Gasteiger partial charge in [-0.3, -0.25) is 4.90 Å². The zero-order chi connectivity index (χ0) is 12.2. The summed E-state index contributed by atoms with van der Waals surface area (Å²) in [6, 6.07) is 0.745. The van der Waals surface area contributed by atoms with Crippen LogP contribution in [-0.2, 0) is 0 Å². The van der Waals surface area contributed by atoms with Gasteiger partial charge >= 0.3 is 0 Å². The quantitative estimate of drug-likeness (QED) is 0.800. The lowest BCUT2D eigenvalue weighted by Crippen LogP contribution is -2.40. The molecular weight excluding hydrogens is 216 g/mol. The van der Waals surface area contributed by atoms with Crippen molar-refractivity contribution in [2.24, 2.45) is 5.92 Å². The third kappa shape index (κ3) is 5.07. The van der Waals surface area contributed by atoms with Gasteiger partial charge < -0.3 is 5.32 Å². The highest BCUT2D eigenvalue weighted by molar-refractivity contribution is 7.98. The van der Waals surface area contributed by atoms with Crippen molar-refractivity contribution in [1.29, 1.82) is 0 Å². The largest absolute Gasteiger partial charge is 0.312 e. The standard InChI is InChI=1S/C13H28N2S/c1-11(10-16-5)15-7-6-12(9-15)8-14-13(2,3)4/h11-12,14H,6-10H2,1-5H3. The number of hydrogen-bond acceptors (Lipinski definition) is 3. The first-order valence-corrected chi connectivity index (χ1v) is 7.80. The van der Waals surface area contributed by atoms with Gasteiger partial charge in [0.15, 0.2) is 0 Å². The third-order valence-electron chi connectivity index (χ3n) is 3.27. The molecule has 2 nitrogen and oxygen atoms in total. The van der Waals surface area contributed by atoms with Crippen LogP contribution >= 0.6 is 11.8 Å². The van der Waals surface area contributed by atoms with Crippen LogP contribution in [0, 0.1) is 5.92 Å². The lowest BCUT2D eigenvalue weighted by atomic mass is 10.1. The molecule has 1 N–H and O–H groups in total. The van der Waals surface area contributed by atoms with Crippen molar-refractivity contribution in [1.82, 2.24) is 10.2 Å². The second-order valence-corrected chi connectivity index (χ2v) is 7.00. The minimum Gasteiger partial charge on any atom is -0.312 e. The molecule has 0 aromatic heterocycles. The summed E-state index contributed by atoms with van der Waals surface area (Å²) in [5.74, 6) is 2.11. The molecule has 0 aromatic rings. The summed E-state index contributed by atoms with van der Waals surface area (Å²) in [5, 5.41) is 3.62. The molecule has 0 bridgehead atoms. The van der Waals surface area contributed by atoms with Crippen LogP contribution in [0.1, 0.15) is 34.1 Å². The molecule has 1 heterocycles. The maximum absolute atomic E-state index is 3.62. The van der Waals surface area contributed by atoms with Crippen molar-refractivity contribution in [3.63, 3.8) is 0 Å². The topological polar surface area (TPSA) is 15.3 Å². The molecule has 0 spiro atoms. The van der Waals surface area contributed by atoms with Gasteiger partial charge in [0.2, 0.25) is 0 Å². The molecule has 96 valence electrons. The highest BCUT2D eigenvalue weighted by Crippen LogP contribution is 2.20. The molecule has 3 heteroatoms. The third-order valence-corrected chi connectivity index (χ3v) is 4.09. The van der Waals surface area contributed by atoms with Gasteiger partial charge in [0.1, 0.15) is 0 Å². The predicted molar refractivity (Wildman–Crippen MR) is 75.3 cm³/mol. The second-order valence-electron chi connectivity index (χ2n) is 6.08. The second kappa shape index (κ2) is 6.27. The van der Waals surface area contributed by atoms with E-state index in [1.54, 1.807) is 0 Å². The molecule has 1 fully saturated rings. The number of hydrogen-bond donors (Lipinski definition) is 1.